The highest BCUT2D eigenvalue weighted by Crippen LogP contribution is 2.43. The summed E-state index contributed by atoms with van der Waals surface area (Å²) >= 11 is 0. The van der Waals surface area contributed by atoms with Gasteiger partial charge in [0.1, 0.15) is 0 Å². The Bertz CT molecular complexity index is 871. The van der Waals surface area contributed by atoms with Gasteiger partial charge in [-0.1, -0.05) is 66.7 Å². The van der Waals surface area contributed by atoms with Gasteiger partial charge in [0.25, 0.3) is 0 Å². The van der Waals surface area contributed by atoms with Crippen molar-refractivity contribution in [2.24, 2.45) is 4.99 Å². The molecule has 1 aliphatic heterocycles. The molecule has 0 bridgehead atoms. The largest absolute Gasteiger partial charge is 0.252 e. The van der Waals surface area contributed by atoms with Crippen molar-refractivity contribution in [1.29, 1.82) is 0 Å². The number of hydrogen-bond donors (Lipinski definition) is 0. The third kappa shape index (κ3) is 2.29. The van der Waals surface area contributed by atoms with Crippen molar-refractivity contribution in [1.82, 2.24) is 0 Å². The SMILES string of the molecule is Cc1cccc(C)c1C1C(c2ccccc2)=Nc2ccccc21. The maximum atomic E-state index is 4.98. The summed E-state index contributed by atoms with van der Waals surface area (Å²) in [6.45, 7) is 4.40. The molecule has 112 valence electrons. The van der Waals surface area contributed by atoms with Crippen LogP contribution in [-0.2, 0) is 0 Å². The van der Waals surface area contributed by atoms with Gasteiger partial charge in [-0.15, -0.1) is 0 Å². The van der Waals surface area contributed by atoms with Crippen LogP contribution in [0.25, 0.3) is 0 Å². The van der Waals surface area contributed by atoms with E-state index in [0.29, 0.717) is 0 Å². The van der Waals surface area contributed by atoms with Crippen molar-refractivity contribution in [2.75, 3.05) is 0 Å². The van der Waals surface area contributed by atoms with Crippen molar-refractivity contribution >= 4 is 11.4 Å². The second-order valence-electron chi connectivity index (χ2n) is 6.16. The van der Waals surface area contributed by atoms with Crippen molar-refractivity contribution < 1.29 is 0 Å². The van der Waals surface area contributed by atoms with Gasteiger partial charge in [0.15, 0.2) is 0 Å². The molecule has 0 radical (unpaired) electrons. The molecule has 1 aliphatic rings. The molecular weight excluding hydrogens is 278 g/mol. The first-order chi connectivity index (χ1) is 11.3. The molecule has 0 aromatic heterocycles. The lowest BCUT2D eigenvalue weighted by Crippen LogP contribution is -2.14. The summed E-state index contributed by atoms with van der Waals surface area (Å²) in [5, 5.41) is 0. The van der Waals surface area contributed by atoms with Gasteiger partial charge < -0.3 is 0 Å². The van der Waals surface area contributed by atoms with Gasteiger partial charge in [-0.3, -0.25) is 4.99 Å². The minimum atomic E-state index is 0.217. The minimum Gasteiger partial charge on any atom is -0.252 e. The van der Waals surface area contributed by atoms with Gasteiger partial charge in [-0.05, 0) is 47.7 Å². The van der Waals surface area contributed by atoms with E-state index in [4.69, 9.17) is 4.99 Å². The topological polar surface area (TPSA) is 12.4 Å². The molecule has 0 aliphatic carbocycles. The van der Waals surface area contributed by atoms with Crippen LogP contribution in [-0.4, -0.2) is 5.71 Å². The number of fused-ring (bicyclic) bond motifs is 1. The quantitative estimate of drug-likeness (QED) is 0.586. The summed E-state index contributed by atoms with van der Waals surface area (Å²) in [6.07, 6.45) is 0. The van der Waals surface area contributed by atoms with Gasteiger partial charge in [-0.25, -0.2) is 0 Å². The third-order valence-corrected chi connectivity index (χ3v) is 4.66. The van der Waals surface area contributed by atoms with E-state index in [1.807, 2.05) is 0 Å². The first kappa shape index (κ1) is 14.0. The average Bonchev–Trinajstić information content (AvgIpc) is 2.95. The Morgan fingerprint density at radius 2 is 1.35 bits per heavy atom. The van der Waals surface area contributed by atoms with Crippen molar-refractivity contribution in [3.05, 3.63) is 101 Å². The molecule has 1 unspecified atom stereocenters. The Labute approximate surface area is 137 Å². The van der Waals surface area contributed by atoms with Crippen LogP contribution in [0.3, 0.4) is 0 Å². The molecule has 0 N–H and O–H groups in total. The van der Waals surface area contributed by atoms with Crippen molar-refractivity contribution in [3.8, 4) is 0 Å². The Kier molecular flexibility index (Phi) is 3.34. The van der Waals surface area contributed by atoms with Crippen LogP contribution in [0.15, 0.2) is 77.8 Å². The first-order valence-corrected chi connectivity index (χ1v) is 8.05. The van der Waals surface area contributed by atoms with Crippen LogP contribution in [0.5, 0.6) is 0 Å². The van der Waals surface area contributed by atoms with Crippen LogP contribution in [0, 0.1) is 13.8 Å². The third-order valence-electron chi connectivity index (χ3n) is 4.66. The predicted molar refractivity (Wildman–Crippen MR) is 96.8 cm³/mol. The number of aliphatic imine (C=N–C) groups is 1. The van der Waals surface area contributed by atoms with E-state index in [0.717, 1.165) is 11.4 Å². The molecule has 0 saturated carbocycles. The second kappa shape index (κ2) is 5.51. The number of nitrogens with zero attached hydrogens (tertiary/aromatic N) is 1. The molecule has 0 saturated heterocycles. The van der Waals surface area contributed by atoms with E-state index in [-0.39, 0.29) is 5.92 Å². The Balaban J connectivity index is 1.96. The molecule has 1 nitrogen and oxygen atoms in total. The highest BCUT2D eigenvalue weighted by atomic mass is 14.8. The van der Waals surface area contributed by atoms with Crippen LogP contribution in [0.4, 0.5) is 5.69 Å². The summed E-state index contributed by atoms with van der Waals surface area (Å²) in [6, 6.07) is 25.6. The van der Waals surface area contributed by atoms with Crippen molar-refractivity contribution in [3.63, 3.8) is 0 Å². The van der Waals surface area contributed by atoms with Gasteiger partial charge in [0.2, 0.25) is 0 Å². The normalized spacial score (nSPS) is 16.1. The lowest BCUT2D eigenvalue weighted by atomic mass is 9.81. The molecule has 1 heteroatoms. The summed E-state index contributed by atoms with van der Waals surface area (Å²) in [5.41, 5.74) is 8.81. The number of rotatable bonds is 2. The molecule has 4 rings (SSSR count). The highest BCUT2D eigenvalue weighted by molar-refractivity contribution is 6.11. The minimum absolute atomic E-state index is 0.217. The summed E-state index contributed by atoms with van der Waals surface area (Å²) in [7, 11) is 0. The highest BCUT2D eigenvalue weighted by Gasteiger charge is 2.31. The second-order valence-corrected chi connectivity index (χ2v) is 6.16. The fourth-order valence-corrected chi connectivity index (χ4v) is 3.59. The molecule has 1 heterocycles. The van der Waals surface area contributed by atoms with Crippen LogP contribution >= 0.6 is 0 Å². The smallest absolute Gasteiger partial charge is 0.0675 e. The molecule has 23 heavy (non-hydrogen) atoms. The van der Waals surface area contributed by atoms with E-state index < -0.39 is 0 Å². The molecular formula is C22H19N. The summed E-state index contributed by atoms with van der Waals surface area (Å²) in [4.78, 5) is 4.98. The fraction of sp³-hybridized carbons (Fsp3) is 0.136. The first-order valence-electron chi connectivity index (χ1n) is 8.05. The number of benzene rings is 3. The van der Waals surface area contributed by atoms with Crippen molar-refractivity contribution in [2.45, 2.75) is 19.8 Å². The molecule has 1 atom stereocenters. The molecule has 3 aromatic carbocycles. The maximum absolute atomic E-state index is 4.98. The summed E-state index contributed by atoms with van der Waals surface area (Å²) in [5.74, 6) is 0.217. The van der Waals surface area contributed by atoms with E-state index >= 15 is 0 Å². The maximum Gasteiger partial charge on any atom is 0.0675 e. The number of hydrogen-bond acceptors (Lipinski definition) is 1. The van der Waals surface area contributed by atoms with Gasteiger partial charge in [0, 0.05) is 0 Å². The average molecular weight is 297 g/mol. The van der Waals surface area contributed by atoms with E-state index in [1.165, 1.54) is 27.8 Å². The lowest BCUT2D eigenvalue weighted by Gasteiger charge is -2.20. The Hall–Kier alpha value is -2.67. The predicted octanol–water partition coefficient (Wildman–Crippen LogP) is 5.57. The standard InChI is InChI=1S/C22H19N/c1-15-9-8-10-16(2)20(15)21-18-13-6-7-14-19(18)23-22(21)17-11-4-3-5-12-17/h3-14,21H,1-2H3. The Morgan fingerprint density at radius 1 is 0.696 bits per heavy atom. The molecule has 0 amide bonds. The summed E-state index contributed by atoms with van der Waals surface area (Å²) < 4.78 is 0. The number of para-hydroxylation sites is 1. The van der Waals surface area contributed by atoms with E-state index in [2.05, 4.69) is 86.6 Å². The lowest BCUT2D eigenvalue weighted by molar-refractivity contribution is 1.06. The number of aryl methyl sites for hydroxylation is 2. The zero-order valence-electron chi connectivity index (χ0n) is 13.5. The molecule has 0 fully saturated rings. The van der Waals surface area contributed by atoms with Gasteiger partial charge in [-0.2, -0.15) is 0 Å². The van der Waals surface area contributed by atoms with Crippen LogP contribution in [0.1, 0.15) is 33.7 Å². The van der Waals surface area contributed by atoms with Crippen LogP contribution in [0.2, 0.25) is 0 Å². The van der Waals surface area contributed by atoms with Gasteiger partial charge >= 0.3 is 0 Å². The Morgan fingerprint density at radius 3 is 2.09 bits per heavy atom. The fourth-order valence-electron chi connectivity index (χ4n) is 3.59. The molecule has 3 aromatic rings. The van der Waals surface area contributed by atoms with Crippen LogP contribution < -0.4 is 0 Å². The zero-order chi connectivity index (χ0) is 15.8. The zero-order valence-corrected chi connectivity index (χ0v) is 13.5. The molecule has 0 spiro atoms. The van der Waals surface area contributed by atoms with Gasteiger partial charge in [0.05, 0.1) is 17.3 Å². The van der Waals surface area contributed by atoms with E-state index in [1.54, 1.807) is 0 Å². The van der Waals surface area contributed by atoms with E-state index in [9.17, 15) is 0 Å². The monoisotopic (exact) mass is 297 g/mol.